The van der Waals surface area contributed by atoms with Gasteiger partial charge in [0.25, 0.3) is 0 Å². The quantitative estimate of drug-likeness (QED) is 0.0218. The summed E-state index contributed by atoms with van der Waals surface area (Å²) in [5.74, 6) is -7.68. The van der Waals surface area contributed by atoms with E-state index >= 15 is 0 Å². The number of likely N-dealkylation sites (tertiary alicyclic amines) is 1. The molecule has 9 unspecified atom stereocenters. The van der Waals surface area contributed by atoms with Gasteiger partial charge in [-0.05, 0) is 155 Å². The number of piperidine rings is 1. The van der Waals surface area contributed by atoms with E-state index in [-0.39, 0.29) is 73.3 Å². The number of nitrogens with two attached hydrogens (primary N) is 3. The number of para-hydroxylation sites is 1. The molecule has 4 heterocycles. The number of carbonyl (C=O) groups is 10. The number of H-pyrrole nitrogens is 2. The number of aromatic nitrogens is 2. The molecule has 10 rings (SSSR count). The van der Waals surface area contributed by atoms with Crippen molar-refractivity contribution >= 4 is 113 Å². The molecule has 590 valence electrons. The maximum absolute atomic E-state index is 14.9. The number of rotatable bonds is 25. The molecule has 2 aromatic heterocycles. The van der Waals surface area contributed by atoms with Crippen molar-refractivity contribution in [3.8, 4) is 5.75 Å². The van der Waals surface area contributed by atoms with Crippen molar-refractivity contribution in [2.45, 2.75) is 152 Å². The Hall–Kier alpha value is -9.82. The third-order valence-electron chi connectivity index (χ3n) is 20.2. The van der Waals surface area contributed by atoms with Gasteiger partial charge in [-0.1, -0.05) is 126 Å². The first-order valence-electron chi connectivity index (χ1n) is 37.5. The Morgan fingerprint density at radius 1 is 0.736 bits per heavy atom. The molecule has 2 saturated heterocycles. The van der Waals surface area contributed by atoms with Gasteiger partial charge < -0.3 is 84.8 Å². The Bertz CT molecular complexity index is 4380. The van der Waals surface area contributed by atoms with Crippen LogP contribution in [-0.2, 0) is 68.8 Å². The van der Waals surface area contributed by atoms with Crippen LogP contribution in [-0.4, -0.2) is 219 Å². The molecule has 3 aliphatic rings. The summed E-state index contributed by atoms with van der Waals surface area (Å²) >= 11 is 0. The van der Waals surface area contributed by atoms with Gasteiger partial charge in [0.2, 0.25) is 53.2 Å². The van der Waals surface area contributed by atoms with Crippen molar-refractivity contribution < 1.29 is 58.2 Å². The number of unbranched alkanes of at least 4 members (excludes halogenated alkanes) is 1. The number of hydrogen-bond acceptors (Lipinski definition) is 18. The van der Waals surface area contributed by atoms with Crippen LogP contribution in [0.1, 0.15) is 93.5 Å². The van der Waals surface area contributed by atoms with Crippen molar-refractivity contribution in [1.82, 2.24) is 67.2 Å². The standard InChI is InChI=1S/C54H69N11O10S2.C26H37N5O2/c1-29(2)45-54(75)63-44(53(74)65-46(30(3)66)47(57)68)28-77-76-27-43(62-48(69)38(56)23-32-15-18-33-10-4-5-11-34(33)22-32)52(73)60-41(24-31-16-19-36(67)20-17-31)50(71)61-42(25-35-26-58-39-13-7-6-12-37(35)39)51(72)59-40(49(70)64-45)14-8-9-21-55;1-5-11-30-17-19(25(32)31(26(33)27-6-2)13-8-12-29(3)4)14-21-20-9-7-10-22-24(20)18(16-28-22)15-23(21)30/h4-7,10-13,15-20,22,26,29-30,38,40-46,58,66-67H,8-9,14,21,23-25,27-28,55-56H2,1-3H3,(H2,57,68)(H,59,72)(H,60,73)(H,61,71)(H,62,69)(H,63,75)(H,64,70)(H,65,74);5,7,9-10,16,19,21,23,28H,1,6,8,11-15,17H2,2-4H3,(H,27,33)/t;19-,21-,23-/m.1/s1. The molecule has 0 saturated carbocycles. The molecule has 30 heteroatoms. The average Bonchev–Trinajstić information content (AvgIpc) is 1.42. The van der Waals surface area contributed by atoms with E-state index in [0.29, 0.717) is 49.6 Å². The van der Waals surface area contributed by atoms with Crippen molar-refractivity contribution in [2.24, 2.45) is 29.0 Å². The lowest BCUT2D eigenvalue weighted by Gasteiger charge is -2.47. The van der Waals surface area contributed by atoms with Gasteiger partial charge in [0.05, 0.1) is 18.1 Å². The van der Waals surface area contributed by atoms with Gasteiger partial charge >= 0.3 is 6.03 Å². The number of aromatic hydroxyl groups is 1. The number of fused-ring (bicyclic) bond motifs is 4. The molecule has 1 aliphatic carbocycles. The summed E-state index contributed by atoms with van der Waals surface area (Å²) < 4.78 is 0. The van der Waals surface area contributed by atoms with Gasteiger partial charge in [-0.15, -0.1) is 6.58 Å². The van der Waals surface area contributed by atoms with Crippen molar-refractivity contribution in [2.75, 3.05) is 64.9 Å². The largest absolute Gasteiger partial charge is 0.508 e. The molecular formula is C80H106N16O12S2. The Balaban J connectivity index is 0.000000348. The van der Waals surface area contributed by atoms with Crippen LogP contribution in [0.3, 0.4) is 0 Å². The molecule has 11 amide bonds. The highest BCUT2D eigenvalue weighted by Crippen LogP contribution is 2.45. The van der Waals surface area contributed by atoms with Crippen LogP contribution in [0.4, 0.5) is 4.79 Å². The maximum atomic E-state index is 14.9. The zero-order chi connectivity index (χ0) is 79.3. The second-order valence-electron chi connectivity index (χ2n) is 29.1. The van der Waals surface area contributed by atoms with Crippen molar-refractivity contribution in [1.29, 1.82) is 0 Å². The van der Waals surface area contributed by atoms with E-state index in [9.17, 15) is 58.2 Å². The van der Waals surface area contributed by atoms with E-state index in [1.807, 2.05) is 93.8 Å². The zero-order valence-corrected chi connectivity index (χ0v) is 64.9. The number of phenolic OH excluding ortho intramolecular Hbond substituents is 1. The summed E-state index contributed by atoms with van der Waals surface area (Å²) in [6.45, 7) is 13.9. The van der Waals surface area contributed by atoms with Crippen LogP contribution in [0.5, 0.6) is 5.75 Å². The fourth-order valence-corrected chi connectivity index (χ4v) is 16.7. The number of hydrogen-bond donors (Lipinski definition) is 15. The fraction of sp³-hybridized carbons (Fsp3) is 0.450. The molecule has 2 fully saturated rings. The first-order chi connectivity index (χ1) is 52.7. The number of aliphatic hydroxyl groups is 1. The number of aliphatic hydroxyl groups excluding tert-OH is 1. The molecular weight excluding hydrogens is 1440 g/mol. The number of imide groups is 1. The van der Waals surface area contributed by atoms with Gasteiger partial charge in [0, 0.05) is 96.7 Å². The molecule has 0 radical (unpaired) electrons. The van der Waals surface area contributed by atoms with E-state index in [0.717, 1.165) is 86.7 Å². The summed E-state index contributed by atoms with van der Waals surface area (Å²) in [6.07, 6.45) is 7.62. The highest BCUT2D eigenvalue weighted by molar-refractivity contribution is 8.76. The highest BCUT2D eigenvalue weighted by Gasteiger charge is 2.45. The van der Waals surface area contributed by atoms with Crippen molar-refractivity contribution in [3.63, 3.8) is 0 Å². The van der Waals surface area contributed by atoms with E-state index in [1.165, 1.54) is 40.5 Å². The summed E-state index contributed by atoms with van der Waals surface area (Å²) in [4.78, 5) is 152. The summed E-state index contributed by atoms with van der Waals surface area (Å²) in [5.41, 5.74) is 24.4. The predicted octanol–water partition coefficient (Wildman–Crippen LogP) is 4.02. The summed E-state index contributed by atoms with van der Waals surface area (Å²) in [7, 11) is 6.04. The number of benzene rings is 5. The predicted molar refractivity (Wildman–Crippen MR) is 429 cm³/mol. The molecule has 12 atom stereocenters. The monoisotopic (exact) mass is 1550 g/mol. The number of nitrogens with zero attached hydrogens (tertiary/aromatic N) is 3. The van der Waals surface area contributed by atoms with Crippen LogP contribution in [0.15, 0.2) is 134 Å². The number of urea groups is 1. The zero-order valence-electron chi connectivity index (χ0n) is 63.2. The number of amides is 11. The van der Waals surface area contributed by atoms with Gasteiger partial charge in [-0.2, -0.15) is 0 Å². The van der Waals surface area contributed by atoms with E-state index < -0.39 is 108 Å². The van der Waals surface area contributed by atoms with Crippen LogP contribution in [0, 0.1) is 11.8 Å². The normalized spacial score (nSPS) is 21.8. The Morgan fingerprint density at radius 2 is 1.40 bits per heavy atom. The van der Waals surface area contributed by atoms with Crippen LogP contribution < -0.4 is 59.7 Å². The van der Waals surface area contributed by atoms with Gasteiger partial charge in [-0.25, -0.2) is 4.79 Å². The van der Waals surface area contributed by atoms with Crippen LogP contribution >= 0.6 is 21.6 Å². The van der Waals surface area contributed by atoms with Crippen molar-refractivity contribution in [3.05, 3.63) is 162 Å². The third-order valence-corrected chi connectivity index (χ3v) is 22.6. The molecule has 7 aromatic rings. The lowest BCUT2D eigenvalue weighted by Crippen LogP contribution is -2.62. The Morgan fingerprint density at radius 3 is 2.10 bits per heavy atom. The first-order valence-corrected chi connectivity index (χ1v) is 40.0. The second kappa shape index (κ2) is 40.2. The third kappa shape index (κ3) is 22.5. The molecule has 0 bridgehead atoms. The SMILES string of the molecule is C=CCN1C[C@H](C(=O)N(CCCN(C)C)C(=O)NCC)C[C@@H]2c3cccc4[nH]cc(c34)C[C@H]21.CC(C)C1NC(=O)C(CCCCN)NC(=O)C(Cc2c[nH]c3ccccc23)NC(=O)C(Cc2ccc(O)cc2)NC(=O)C(NC(=O)C(N)Cc2ccc3ccccc3c2)CSSCC(C(=O)NC(C(N)=O)C(C)O)NC1=O. The average molecular weight is 1550 g/mol. The minimum Gasteiger partial charge on any atom is -0.508 e. The minimum absolute atomic E-state index is 0.0501. The van der Waals surface area contributed by atoms with E-state index in [1.54, 1.807) is 32.2 Å². The highest BCUT2D eigenvalue weighted by atomic mass is 33.1. The Kier molecular flexibility index (Phi) is 30.8. The van der Waals surface area contributed by atoms with Crippen LogP contribution in [0.25, 0.3) is 32.6 Å². The Labute approximate surface area is 648 Å². The second-order valence-corrected chi connectivity index (χ2v) is 31.6. The first kappa shape index (κ1) is 84.2. The molecule has 110 heavy (non-hydrogen) atoms. The molecule has 18 N–H and O–H groups in total. The lowest BCUT2D eigenvalue weighted by atomic mass is 9.72. The van der Waals surface area contributed by atoms with Gasteiger partial charge in [0.15, 0.2) is 0 Å². The molecule has 0 spiro atoms. The lowest BCUT2D eigenvalue weighted by molar-refractivity contribution is -0.136. The van der Waals surface area contributed by atoms with Gasteiger partial charge in [-0.3, -0.25) is 53.0 Å². The fourth-order valence-electron chi connectivity index (χ4n) is 14.4. The maximum Gasteiger partial charge on any atom is 0.324 e. The number of primary amides is 1. The smallest absolute Gasteiger partial charge is 0.324 e. The van der Waals surface area contributed by atoms with E-state index in [2.05, 4.69) is 93.3 Å². The number of carbonyl (C=O) groups excluding carboxylic acids is 10. The minimum atomic E-state index is -1.55. The summed E-state index contributed by atoms with van der Waals surface area (Å²) in [5, 5.41) is 46.3. The van der Waals surface area contributed by atoms with E-state index in [4.69, 9.17) is 17.2 Å². The summed E-state index contributed by atoms with van der Waals surface area (Å²) in [6, 6.07) is 22.3. The molecule has 2 aliphatic heterocycles. The number of phenols is 1. The molecule has 28 nitrogen and oxygen atoms in total. The molecule has 5 aromatic carbocycles. The number of aromatic amines is 2. The topological polar surface area (TPSA) is 427 Å². The van der Waals surface area contributed by atoms with Gasteiger partial charge in [0.1, 0.15) is 48.0 Å². The number of nitrogens with one attached hydrogen (secondary N) is 10. The van der Waals surface area contributed by atoms with Crippen LogP contribution in [0.2, 0.25) is 0 Å².